The van der Waals surface area contributed by atoms with E-state index in [9.17, 15) is 23.2 Å². The van der Waals surface area contributed by atoms with E-state index in [4.69, 9.17) is 11.6 Å². The van der Waals surface area contributed by atoms with Gasteiger partial charge in [0.1, 0.15) is 11.6 Å². The SMILES string of the molecule is N#C/C(=C/Nc1ccc(Cl)c(C(F)(F)F)c1)C(=O)Nc1ccccc1Sc1ccccc1. The first kappa shape index (κ1) is 23.3. The molecule has 4 nitrogen and oxygen atoms in total. The minimum Gasteiger partial charge on any atom is -0.360 e. The topological polar surface area (TPSA) is 64.9 Å². The molecular formula is C23H15ClF3N3OS. The Kier molecular flexibility index (Phi) is 7.46. The standard InChI is InChI=1S/C23H15ClF3N3OS/c24-19-11-10-16(12-18(19)23(25,26)27)29-14-15(13-28)22(31)30-20-8-4-5-9-21(20)32-17-6-2-1-3-7-17/h1-12,14,29H,(H,30,31)/b15-14-. The van der Waals surface area contributed by atoms with Crippen LogP contribution in [-0.2, 0) is 11.0 Å². The summed E-state index contributed by atoms with van der Waals surface area (Å²) in [6.07, 6.45) is -3.58. The lowest BCUT2D eigenvalue weighted by Crippen LogP contribution is -2.15. The summed E-state index contributed by atoms with van der Waals surface area (Å²) in [4.78, 5) is 14.3. The Labute approximate surface area is 191 Å². The maximum absolute atomic E-state index is 13.0. The number of alkyl halides is 3. The third-order valence-electron chi connectivity index (χ3n) is 4.13. The first-order valence-corrected chi connectivity index (χ1v) is 10.3. The van der Waals surface area contributed by atoms with Crippen molar-refractivity contribution < 1.29 is 18.0 Å². The van der Waals surface area contributed by atoms with Crippen molar-refractivity contribution in [2.45, 2.75) is 16.0 Å². The van der Waals surface area contributed by atoms with E-state index in [-0.39, 0.29) is 11.3 Å². The molecule has 0 fully saturated rings. The van der Waals surface area contributed by atoms with Crippen molar-refractivity contribution in [3.63, 3.8) is 0 Å². The monoisotopic (exact) mass is 473 g/mol. The second-order valence-corrected chi connectivity index (χ2v) is 7.89. The second-order valence-electron chi connectivity index (χ2n) is 6.37. The van der Waals surface area contributed by atoms with Crippen LogP contribution in [0.1, 0.15) is 5.56 Å². The van der Waals surface area contributed by atoms with E-state index >= 15 is 0 Å². The molecule has 9 heteroatoms. The van der Waals surface area contributed by atoms with Crippen molar-refractivity contribution >= 4 is 40.6 Å². The molecular weight excluding hydrogens is 459 g/mol. The number of nitrogens with one attached hydrogen (secondary N) is 2. The molecule has 2 N–H and O–H groups in total. The van der Waals surface area contributed by atoms with E-state index < -0.39 is 22.7 Å². The molecule has 1 amide bonds. The highest BCUT2D eigenvalue weighted by molar-refractivity contribution is 7.99. The van der Waals surface area contributed by atoms with Crippen LogP contribution < -0.4 is 10.6 Å². The molecule has 0 saturated heterocycles. The summed E-state index contributed by atoms with van der Waals surface area (Å²) >= 11 is 7.04. The van der Waals surface area contributed by atoms with E-state index in [1.54, 1.807) is 18.2 Å². The fourth-order valence-electron chi connectivity index (χ4n) is 2.60. The molecule has 32 heavy (non-hydrogen) atoms. The van der Waals surface area contributed by atoms with E-state index in [1.165, 1.54) is 17.8 Å². The zero-order valence-corrected chi connectivity index (χ0v) is 17.9. The maximum atomic E-state index is 13.0. The number of amides is 1. The Hall–Kier alpha value is -3.41. The zero-order valence-electron chi connectivity index (χ0n) is 16.3. The van der Waals surface area contributed by atoms with E-state index in [0.717, 1.165) is 28.1 Å². The Balaban J connectivity index is 1.76. The van der Waals surface area contributed by atoms with E-state index in [0.29, 0.717) is 5.69 Å². The minimum atomic E-state index is -4.63. The van der Waals surface area contributed by atoms with Gasteiger partial charge in [0, 0.05) is 21.7 Å². The van der Waals surface area contributed by atoms with Crippen molar-refractivity contribution in [1.29, 1.82) is 5.26 Å². The van der Waals surface area contributed by atoms with Gasteiger partial charge >= 0.3 is 6.18 Å². The number of para-hydroxylation sites is 1. The first-order valence-electron chi connectivity index (χ1n) is 9.15. The summed E-state index contributed by atoms with van der Waals surface area (Å²) in [6.45, 7) is 0. The highest BCUT2D eigenvalue weighted by Crippen LogP contribution is 2.36. The van der Waals surface area contributed by atoms with Crippen LogP contribution in [-0.4, -0.2) is 5.91 Å². The molecule has 0 heterocycles. The predicted molar refractivity (Wildman–Crippen MR) is 119 cm³/mol. The Bertz CT molecular complexity index is 1190. The van der Waals surface area contributed by atoms with Crippen LogP contribution in [0.2, 0.25) is 5.02 Å². The first-order chi connectivity index (χ1) is 15.3. The third-order valence-corrected chi connectivity index (χ3v) is 5.54. The van der Waals surface area contributed by atoms with Gasteiger partial charge in [-0.1, -0.05) is 53.7 Å². The van der Waals surface area contributed by atoms with Gasteiger partial charge in [-0.25, -0.2) is 0 Å². The number of anilines is 2. The molecule has 0 aliphatic carbocycles. The molecule has 0 spiro atoms. The molecule has 0 radical (unpaired) electrons. The van der Waals surface area contributed by atoms with Gasteiger partial charge in [0.15, 0.2) is 0 Å². The van der Waals surface area contributed by atoms with Crippen LogP contribution in [0.5, 0.6) is 0 Å². The van der Waals surface area contributed by atoms with Crippen molar-refractivity contribution in [2.75, 3.05) is 10.6 Å². The van der Waals surface area contributed by atoms with Crippen LogP contribution >= 0.6 is 23.4 Å². The van der Waals surface area contributed by atoms with Crippen molar-refractivity contribution in [2.24, 2.45) is 0 Å². The van der Waals surface area contributed by atoms with Gasteiger partial charge in [-0.15, -0.1) is 0 Å². The Morgan fingerprint density at radius 2 is 1.72 bits per heavy atom. The smallest absolute Gasteiger partial charge is 0.360 e. The summed E-state index contributed by atoms with van der Waals surface area (Å²) in [7, 11) is 0. The highest BCUT2D eigenvalue weighted by Gasteiger charge is 2.33. The molecule has 0 unspecified atom stereocenters. The highest BCUT2D eigenvalue weighted by atomic mass is 35.5. The van der Waals surface area contributed by atoms with Gasteiger partial charge in [0.25, 0.3) is 5.91 Å². The molecule has 0 aromatic heterocycles. The van der Waals surface area contributed by atoms with Crippen LogP contribution in [0.15, 0.2) is 94.4 Å². The van der Waals surface area contributed by atoms with Crippen molar-refractivity contribution in [1.82, 2.24) is 0 Å². The fraction of sp³-hybridized carbons (Fsp3) is 0.0435. The number of hydrogen-bond acceptors (Lipinski definition) is 4. The minimum absolute atomic E-state index is 0.0299. The van der Waals surface area contributed by atoms with Crippen LogP contribution in [0.4, 0.5) is 24.5 Å². The van der Waals surface area contributed by atoms with Crippen molar-refractivity contribution in [3.8, 4) is 6.07 Å². The Morgan fingerprint density at radius 1 is 1.03 bits per heavy atom. The van der Waals surface area contributed by atoms with E-state index in [2.05, 4.69) is 10.6 Å². The molecule has 162 valence electrons. The number of hydrogen-bond donors (Lipinski definition) is 2. The van der Waals surface area contributed by atoms with Crippen LogP contribution in [0.25, 0.3) is 0 Å². The van der Waals surface area contributed by atoms with Gasteiger partial charge in [0.05, 0.1) is 16.3 Å². The molecule has 0 aliphatic rings. The molecule has 0 atom stereocenters. The van der Waals surface area contributed by atoms with Gasteiger partial charge in [0.2, 0.25) is 0 Å². The molecule has 3 rings (SSSR count). The number of benzene rings is 3. The number of nitrogens with zero attached hydrogens (tertiary/aromatic N) is 1. The zero-order chi connectivity index (χ0) is 23.1. The van der Waals surface area contributed by atoms with Crippen LogP contribution in [0.3, 0.4) is 0 Å². The van der Waals surface area contributed by atoms with Gasteiger partial charge in [-0.05, 0) is 42.5 Å². The lowest BCUT2D eigenvalue weighted by Gasteiger charge is -2.12. The summed E-state index contributed by atoms with van der Waals surface area (Å²) in [5, 5.41) is 14.1. The number of carbonyl (C=O) groups is 1. The van der Waals surface area contributed by atoms with Crippen molar-refractivity contribution in [3.05, 3.63) is 95.2 Å². The molecule has 3 aromatic carbocycles. The van der Waals surface area contributed by atoms with Crippen LogP contribution in [0, 0.1) is 11.3 Å². The molecule has 3 aromatic rings. The largest absolute Gasteiger partial charge is 0.417 e. The lowest BCUT2D eigenvalue weighted by molar-refractivity contribution is -0.137. The normalized spacial score (nSPS) is 11.5. The molecule has 0 aliphatic heterocycles. The molecule has 0 bridgehead atoms. The number of nitriles is 1. The van der Waals surface area contributed by atoms with Gasteiger partial charge in [-0.2, -0.15) is 18.4 Å². The fourth-order valence-corrected chi connectivity index (χ4v) is 3.75. The number of halogens is 4. The summed E-state index contributed by atoms with van der Waals surface area (Å²) in [6, 6.07) is 21.6. The molecule has 0 saturated carbocycles. The Morgan fingerprint density at radius 3 is 2.41 bits per heavy atom. The lowest BCUT2D eigenvalue weighted by atomic mass is 10.2. The van der Waals surface area contributed by atoms with Gasteiger partial charge in [-0.3, -0.25) is 4.79 Å². The number of carbonyl (C=O) groups excluding carboxylic acids is 1. The quantitative estimate of drug-likeness (QED) is 0.300. The average Bonchev–Trinajstić information content (AvgIpc) is 2.76. The average molecular weight is 474 g/mol. The number of rotatable bonds is 6. The summed E-state index contributed by atoms with van der Waals surface area (Å²) in [5.41, 5.74) is -0.805. The summed E-state index contributed by atoms with van der Waals surface area (Å²) < 4.78 is 39.0. The summed E-state index contributed by atoms with van der Waals surface area (Å²) in [5.74, 6) is -0.703. The third kappa shape index (κ3) is 6.06. The second kappa shape index (κ2) is 10.3. The van der Waals surface area contributed by atoms with E-state index in [1.807, 2.05) is 42.5 Å². The van der Waals surface area contributed by atoms with Gasteiger partial charge < -0.3 is 10.6 Å². The maximum Gasteiger partial charge on any atom is 0.417 e. The predicted octanol–water partition coefficient (Wildman–Crippen LogP) is 6.97.